The normalized spacial score (nSPS) is 11.0. The maximum absolute atomic E-state index is 4.53. The lowest BCUT2D eigenvalue weighted by Gasteiger charge is -2.16. The maximum Gasteiger partial charge on any atom is 0.133 e. The molecule has 0 spiro atoms. The topological polar surface area (TPSA) is 37.8 Å². The van der Waals surface area contributed by atoms with Crippen LogP contribution in [0.3, 0.4) is 0 Å². The van der Waals surface area contributed by atoms with Crippen LogP contribution in [-0.2, 0) is 0 Å². The Morgan fingerprint density at radius 1 is 1.32 bits per heavy atom. The van der Waals surface area contributed by atoms with E-state index < -0.39 is 0 Å². The van der Waals surface area contributed by atoms with Gasteiger partial charge in [0.15, 0.2) is 0 Å². The van der Waals surface area contributed by atoms with Crippen LogP contribution in [0.1, 0.15) is 43.6 Å². The molecular weight excluding hydrogens is 254 g/mol. The molecule has 102 valence electrons. The van der Waals surface area contributed by atoms with E-state index in [-0.39, 0.29) is 0 Å². The molecule has 19 heavy (non-hydrogen) atoms. The third-order valence-corrected chi connectivity index (χ3v) is 3.96. The Labute approximate surface area is 119 Å². The molecule has 0 unspecified atom stereocenters. The van der Waals surface area contributed by atoms with Crippen LogP contribution >= 0.6 is 11.3 Å². The first-order valence-corrected chi connectivity index (χ1v) is 7.66. The van der Waals surface area contributed by atoms with E-state index in [2.05, 4.69) is 54.4 Å². The van der Waals surface area contributed by atoms with Crippen molar-refractivity contribution in [1.82, 2.24) is 9.97 Å². The first kappa shape index (κ1) is 14.0. The van der Waals surface area contributed by atoms with Gasteiger partial charge in [-0.2, -0.15) is 0 Å². The number of rotatable bonds is 5. The monoisotopic (exact) mass is 275 g/mol. The lowest BCUT2D eigenvalue weighted by Crippen LogP contribution is -2.08. The highest BCUT2D eigenvalue weighted by Gasteiger charge is 2.17. The van der Waals surface area contributed by atoms with Crippen molar-refractivity contribution in [2.75, 3.05) is 11.9 Å². The molecule has 2 heterocycles. The summed E-state index contributed by atoms with van der Waals surface area (Å²) >= 11 is 1.76. The van der Waals surface area contributed by atoms with Gasteiger partial charge in [0, 0.05) is 22.5 Å². The average Bonchev–Trinajstić information content (AvgIpc) is 2.81. The molecule has 1 N–H and O–H groups in total. The third-order valence-electron chi connectivity index (χ3n) is 3.12. The molecule has 0 aliphatic heterocycles. The molecule has 4 heteroatoms. The number of nitrogens with zero attached hydrogens (tertiary/aromatic N) is 2. The Kier molecular flexibility index (Phi) is 4.53. The number of nitrogens with one attached hydrogen (secondary N) is 1. The quantitative estimate of drug-likeness (QED) is 0.875. The zero-order valence-electron chi connectivity index (χ0n) is 12.0. The van der Waals surface area contributed by atoms with Crippen molar-refractivity contribution in [3.8, 4) is 11.3 Å². The zero-order chi connectivity index (χ0) is 13.8. The number of anilines is 1. The van der Waals surface area contributed by atoms with E-state index in [1.165, 1.54) is 16.0 Å². The van der Waals surface area contributed by atoms with Gasteiger partial charge in [-0.1, -0.05) is 20.8 Å². The van der Waals surface area contributed by atoms with Crippen molar-refractivity contribution < 1.29 is 0 Å². The Morgan fingerprint density at radius 3 is 2.68 bits per heavy atom. The Hall–Kier alpha value is -1.42. The minimum Gasteiger partial charge on any atom is -0.370 e. The van der Waals surface area contributed by atoms with Gasteiger partial charge < -0.3 is 5.32 Å². The second-order valence-electron chi connectivity index (χ2n) is 4.96. The van der Waals surface area contributed by atoms with E-state index in [0.29, 0.717) is 5.92 Å². The minimum absolute atomic E-state index is 0.398. The van der Waals surface area contributed by atoms with Crippen LogP contribution < -0.4 is 5.32 Å². The SMILES string of the molecule is CCCNc1ncnc(-c2ccsc2C)c1C(C)C. The van der Waals surface area contributed by atoms with Crippen molar-refractivity contribution in [3.05, 3.63) is 28.2 Å². The molecule has 2 aromatic heterocycles. The van der Waals surface area contributed by atoms with Crippen LogP contribution in [0.15, 0.2) is 17.8 Å². The van der Waals surface area contributed by atoms with Crippen LogP contribution in [-0.4, -0.2) is 16.5 Å². The van der Waals surface area contributed by atoms with Gasteiger partial charge in [0.25, 0.3) is 0 Å². The van der Waals surface area contributed by atoms with Crippen LogP contribution in [0.5, 0.6) is 0 Å². The second kappa shape index (κ2) is 6.15. The molecule has 0 bridgehead atoms. The predicted molar refractivity (Wildman–Crippen MR) is 83.0 cm³/mol. The lowest BCUT2D eigenvalue weighted by molar-refractivity contribution is 0.844. The van der Waals surface area contributed by atoms with E-state index >= 15 is 0 Å². The summed E-state index contributed by atoms with van der Waals surface area (Å²) in [5.41, 5.74) is 3.52. The second-order valence-corrected chi connectivity index (χ2v) is 6.08. The van der Waals surface area contributed by atoms with Crippen LogP contribution in [0.2, 0.25) is 0 Å². The molecule has 0 aromatic carbocycles. The fraction of sp³-hybridized carbons (Fsp3) is 0.467. The van der Waals surface area contributed by atoms with Gasteiger partial charge in [0.05, 0.1) is 5.69 Å². The molecule has 0 saturated heterocycles. The van der Waals surface area contributed by atoms with Crippen molar-refractivity contribution in [2.45, 2.75) is 40.0 Å². The Morgan fingerprint density at radius 2 is 2.11 bits per heavy atom. The smallest absolute Gasteiger partial charge is 0.133 e. The Balaban J connectivity index is 2.52. The first-order valence-electron chi connectivity index (χ1n) is 6.78. The minimum atomic E-state index is 0.398. The van der Waals surface area contributed by atoms with Crippen molar-refractivity contribution in [2.24, 2.45) is 0 Å². The number of aryl methyl sites for hydroxylation is 1. The van der Waals surface area contributed by atoms with Gasteiger partial charge >= 0.3 is 0 Å². The summed E-state index contributed by atoms with van der Waals surface area (Å²) in [5, 5.41) is 5.54. The van der Waals surface area contributed by atoms with Crippen LogP contribution in [0, 0.1) is 6.92 Å². The first-order chi connectivity index (χ1) is 9.15. The molecule has 0 fully saturated rings. The maximum atomic E-state index is 4.53. The lowest BCUT2D eigenvalue weighted by atomic mass is 9.98. The average molecular weight is 275 g/mol. The highest BCUT2D eigenvalue weighted by atomic mass is 32.1. The Bertz CT molecular complexity index is 546. The molecule has 0 aliphatic rings. The molecule has 0 radical (unpaired) electrons. The van der Waals surface area contributed by atoms with E-state index in [1.807, 2.05) is 0 Å². The molecule has 2 aromatic rings. The summed E-state index contributed by atoms with van der Waals surface area (Å²) in [6, 6.07) is 2.15. The summed E-state index contributed by atoms with van der Waals surface area (Å²) in [4.78, 5) is 10.3. The van der Waals surface area contributed by atoms with Crippen LogP contribution in [0.25, 0.3) is 11.3 Å². The van der Waals surface area contributed by atoms with Gasteiger partial charge in [-0.15, -0.1) is 11.3 Å². The molecule has 0 saturated carbocycles. The molecule has 2 rings (SSSR count). The van der Waals surface area contributed by atoms with Crippen LogP contribution in [0.4, 0.5) is 5.82 Å². The van der Waals surface area contributed by atoms with Gasteiger partial charge in [0.1, 0.15) is 12.1 Å². The van der Waals surface area contributed by atoms with Crippen molar-refractivity contribution in [1.29, 1.82) is 0 Å². The highest BCUT2D eigenvalue weighted by molar-refractivity contribution is 7.10. The summed E-state index contributed by atoms with van der Waals surface area (Å²) in [7, 11) is 0. The molecule has 0 aliphatic carbocycles. The molecule has 3 nitrogen and oxygen atoms in total. The highest BCUT2D eigenvalue weighted by Crippen LogP contribution is 2.35. The van der Waals surface area contributed by atoms with Gasteiger partial charge in [0.2, 0.25) is 0 Å². The summed E-state index contributed by atoms with van der Waals surface area (Å²) < 4.78 is 0. The summed E-state index contributed by atoms with van der Waals surface area (Å²) in [6.45, 7) is 9.64. The van der Waals surface area contributed by atoms with Gasteiger partial charge in [-0.3, -0.25) is 0 Å². The summed E-state index contributed by atoms with van der Waals surface area (Å²) in [5.74, 6) is 1.38. The van der Waals surface area contributed by atoms with E-state index in [9.17, 15) is 0 Å². The van der Waals surface area contributed by atoms with Gasteiger partial charge in [-0.25, -0.2) is 9.97 Å². The van der Waals surface area contributed by atoms with Crippen molar-refractivity contribution >= 4 is 17.2 Å². The standard InChI is InChI=1S/C15H21N3S/c1-5-7-16-15-13(10(2)3)14(17-9-18-15)12-6-8-19-11(12)4/h6,8-10H,5,7H2,1-4H3,(H,16,17,18). The third kappa shape index (κ3) is 2.95. The molecule has 0 atom stereocenters. The number of hydrogen-bond acceptors (Lipinski definition) is 4. The number of hydrogen-bond donors (Lipinski definition) is 1. The number of aromatic nitrogens is 2. The van der Waals surface area contributed by atoms with Crippen molar-refractivity contribution in [3.63, 3.8) is 0 Å². The predicted octanol–water partition coefficient (Wildman–Crippen LogP) is 4.46. The molecular formula is C15H21N3S. The molecule has 0 amide bonds. The largest absolute Gasteiger partial charge is 0.370 e. The summed E-state index contributed by atoms with van der Waals surface area (Å²) in [6.07, 6.45) is 2.75. The van der Waals surface area contributed by atoms with E-state index in [0.717, 1.165) is 24.5 Å². The van der Waals surface area contributed by atoms with Gasteiger partial charge in [-0.05, 0) is 30.7 Å². The van der Waals surface area contributed by atoms with E-state index in [4.69, 9.17) is 0 Å². The fourth-order valence-electron chi connectivity index (χ4n) is 2.17. The fourth-order valence-corrected chi connectivity index (χ4v) is 2.87. The van der Waals surface area contributed by atoms with E-state index in [1.54, 1.807) is 17.7 Å². The number of thiophene rings is 1. The zero-order valence-corrected chi connectivity index (χ0v) is 12.8.